The zero-order valence-electron chi connectivity index (χ0n) is 11.5. The van der Waals surface area contributed by atoms with Crippen molar-refractivity contribution < 1.29 is 14.4 Å². The molecule has 19 heavy (non-hydrogen) atoms. The normalized spacial score (nSPS) is 10.2. The fourth-order valence-corrected chi connectivity index (χ4v) is 1.91. The quantitative estimate of drug-likeness (QED) is 0.482. The summed E-state index contributed by atoms with van der Waals surface area (Å²) >= 11 is 6.75. The van der Waals surface area contributed by atoms with Crippen LogP contribution in [0.5, 0.6) is 0 Å². The molecule has 1 aromatic rings. The minimum absolute atomic E-state index is 0.348. The van der Waals surface area contributed by atoms with Gasteiger partial charge in [0.25, 0.3) is 0 Å². The van der Waals surface area contributed by atoms with Crippen LogP contribution >= 0.6 is 22.9 Å². The molecule has 1 heterocycles. The van der Waals surface area contributed by atoms with Crippen molar-refractivity contribution in [2.75, 3.05) is 6.61 Å². The highest BCUT2D eigenvalue weighted by atomic mass is 35.5. The largest absolute Gasteiger partial charge is 0.462 e. The third kappa shape index (κ3) is 7.74. The van der Waals surface area contributed by atoms with Gasteiger partial charge >= 0.3 is 5.97 Å². The van der Waals surface area contributed by atoms with Crippen LogP contribution in [0.25, 0.3) is 0 Å². The Balaban J connectivity index is 0.000000399. The topological polar surface area (TPSA) is 77.9 Å². The Morgan fingerprint density at radius 1 is 1.47 bits per heavy atom. The summed E-state index contributed by atoms with van der Waals surface area (Å²) in [7, 11) is 0. The van der Waals surface area contributed by atoms with Gasteiger partial charge in [-0.15, -0.1) is 4.91 Å². The molecule has 6 nitrogen and oxygen atoms in total. The van der Waals surface area contributed by atoms with Gasteiger partial charge < -0.3 is 9.57 Å². The lowest BCUT2D eigenvalue weighted by molar-refractivity contribution is -0.00230. The van der Waals surface area contributed by atoms with E-state index in [1.54, 1.807) is 34.6 Å². The molecule has 0 spiro atoms. The zero-order valence-corrected chi connectivity index (χ0v) is 13.1. The molecule has 8 heteroatoms. The van der Waals surface area contributed by atoms with E-state index in [1.807, 2.05) is 0 Å². The van der Waals surface area contributed by atoms with Gasteiger partial charge in [0.1, 0.15) is 10.5 Å². The predicted octanol–water partition coefficient (Wildman–Crippen LogP) is 3.76. The number of hydrogen-bond donors (Lipinski definition) is 0. The number of carbonyl (C=O) groups excluding carboxylic acids is 1. The van der Waals surface area contributed by atoms with E-state index >= 15 is 0 Å². The standard InChI is InChI=1S/C7H8ClNO2S.C4H9NO2/c1-3-11-6(10)5-4(2)9-7(8)12-5;1-4(2,3)7-5-6/h3H2,1-2H3;1-3H3. The van der Waals surface area contributed by atoms with Gasteiger partial charge in [0.05, 0.1) is 12.3 Å². The van der Waals surface area contributed by atoms with E-state index in [4.69, 9.17) is 16.3 Å². The van der Waals surface area contributed by atoms with Crippen LogP contribution in [0.4, 0.5) is 0 Å². The maximum absolute atomic E-state index is 11.2. The minimum Gasteiger partial charge on any atom is -0.462 e. The number of nitrogens with zero attached hydrogens (tertiary/aromatic N) is 2. The molecule has 108 valence electrons. The number of esters is 1. The molecule has 0 unspecified atom stereocenters. The van der Waals surface area contributed by atoms with Crippen LogP contribution < -0.4 is 0 Å². The molecule has 0 N–H and O–H groups in total. The molecule has 0 amide bonds. The molecule has 1 aromatic heterocycles. The van der Waals surface area contributed by atoms with Gasteiger partial charge in [0.15, 0.2) is 9.81 Å². The fraction of sp³-hybridized carbons (Fsp3) is 0.636. The lowest BCUT2D eigenvalue weighted by Gasteiger charge is -2.11. The van der Waals surface area contributed by atoms with E-state index in [0.717, 1.165) is 11.3 Å². The molecule has 0 fully saturated rings. The Kier molecular flexibility index (Phi) is 7.55. The Morgan fingerprint density at radius 3 is 2.32 bits per heavy atom. The molecule has 0 aliphatic rings. The number of aromatic nitrogens is 1. The fourth-order valence-electron chi connectivity index (χ4n) is 0.861. The van der Waals surface area contributed by atoms with E-state index < -0.39 is 5.60 Å². The van der Waals surface area contributed by atoms with Crippen molar-refractivity contribution in [1.82, 2.24) is 4.98 Å². The molecule has 0 bridgehead atoms. The number of carbonyl (C=O) groups is 1. The van der Waals surface area contributed by atoms with Crippen molar-refractivity contribution in [3.8, 4) is 0 Å². The molecular formula is C11H17ClN2O4S. The van der Waals surface area contributed by atoms with E-state index in [1.165, 1.54) is 0 Å². The van der Waals surface area contributed by atoms with Crippen LogP contribution in [-0.2, 0) is 9.57 Å². The Hall–Kier alpha value is -1.21. The van der Waals surface area contributed by atoms with Gasteiger partial charge in [-0.3, -0.25) is 0 Å². The van der Waals surface area contributed by atoms with Crippen LogP contribution in [0.3, 0.4) is 0 Å². The average Bonchev–Trinajstić information content (AvgIpc) is 2.57. The average molecular weight is 309 g/mol. The molecule has 0 aromatic carbocycles. The first-order valence-electron chi connectivity index (χ1n) is 5.52. The number of hydrogen-bond acceptors (Lipinski definition) is 7. The summed E-state index contributed by atoms with van der Waals surface area (Å²) in [4.78, 5) is 29.2. The Morgan fingerprint density at radius 2 is 2.05 bits per heavy atom. The SMILES string of the molecule is CC(C)(C)ON=O.CCOC(=O)c1sc(Cl)nc1C. The summed E-state index contributed by atoms with van der Waals surface area (Å²) in [6, 6.07) is 0. The summed E-state index contributed by atoms with van der Waals surface area (Å²) < 4.78 is 5.17. The molecule has 0 radical (unpaired) electrons. The molecule has 1 rings (SSSR count). The van der Waals surface area contributed by atoms with Crippen LogP contribution in [0.2, 0.25) is 4.47 Å². The van der Waals surface area contributed by atoms with E-state index in [-0.39, 0.29) is 5.97 Å². The number of ether oxygens (including phenoxy) is 1. The number of thiazole rings is 1. The van der Waals surface area contributed by atoms with Crippen molar-refractivity contribution >= 4 is 28.9 Å². The summed E-state index contributed by atoms with van der Waals surface area (Å²) in [6.07, 6.45) is 0. The van der Waals surface area contributed by atoms with Crippen LogP contribution in [0.15, 0.2) is 5.34 Å². The van der Waals surface area contributed by atoms with Crippen LogP contribution in [0, 0.1) is 11.8 Å². The number of halogens is 1. The second-order valence-electron chi connectivity index (χ2n) is 4.38. The van der Waals surface area contributed by atoms with Crippen molar-refractivity contribution in [3.05, 3.63) is 19.9 Å². The van der Waals surface area contributed by atoms with Crippen molar-refractivity contribution in [3.63, 3.8) is 0 Å². The summed E-state index contributed by atoms with van der Waals surface area (Å²) in [5.41, 5.74) is 0.199. The second kappa shape index (κ2) is 8.06. The van der Waals surface area contributed by atoms with Crippen LogP contribution in [-0.4, -0.2) is 23.2 Å². The molecular weight excluding hydrogens is 292 g/mol. The molecule has 0 atom stereocenters. The second-order valence-corrected chi connectivity index (χ2v) is 5.96. The first-order chi connectivity index (χ1) is 8.71. The van der Waals surface area contributed by atoms with Crippen molar-refractivity contribution in [1.29, 1.82) is 0 Å². The van der Waals surface area contributed by atoms with Gasteiger partial charge in [-0.2, -0.15) is 0 Å². The van der Waals surface area contributed by atoms with Crippen LogP contribution in [0.1, 0.15) is 43.1 Å². The first kappa shape index (κ1) is 17.8. The lowest BCUT2D eigenvalue weighted by Crippen LogP contribution is -2.14. The van der Waals surface area contributed by atoms with Gasteiger partial charge in [-0.25, -0.2) is 9.78 Å². The summed E-state index contributed by atoms with van der Waals surface area (Å²) in [5, 5.41) is 2.26. The third-order valence-electron chi connectivity index (χ3n) is 1.54. The maximum Gasteiger partial charge on any atom is 0.350 e. The maximum atomic E-state index is 11.2. The predicted molar refractivity (Wildman–Crippen MR) is 74.5 cm³/mol. The van der Waals surface area contributed by atoms with E-state index in [9.17, 15) is 9.70 Å². The summed E-state index contributed by atoms with van der Waals surface area (Å²) in [6.45, 7) is 9.13. The number of rotatable bonds is 3. The van der Waals surface area contributed by atoms with Gasteiger partial charge in [0.2, 0.25) is 0 Å². The highest BCUT2D eigenvalue weighted by molar-refractivity contribution is 7.17. The minimum atomic E-state index is -0.429. The lowest BCUT2D eigenvalue weighted by atomic mass is 10.2. The zero-order chi connectivity index (χ0) is 15.1. The molecule has 0 aliphatic heterocycles. The highest BCUT2D eigenvalue weighted by Crippen LogP contribution is 2.22. The highest BCUT2D eigenvalue weighted by Gasteiger charge is 2.14. The third-order valence-corrected chi connectivity index (χ3v) is 2.78. The van der Waals surface area contributed by atoms with Crippen molar-refractivity contribution in [2.45, 2.75) is 40.2 Å². The summed E-state index contributed by atoms with van der Waals surface area (Å²) in [5.74, 6) is -0.348. The van der Waals surface area contributed by atoms with Gasteiger partial charge in [-0.05, 0) is 34.6 Å². The molecule has 0 saturated heterocycles. The number of aryl methyl sites for hydroxylation is 1. The van der Waals surface area contributed by atoms with E-state index in [2.05, 4.69) is 15.2 Å². The smallest absolute Gasteiger partial charge is 0.350 e. The van der Waals surface area contributed by atoms with Gasteiger partial charge in [0, 0.05) is 0 Å². The van der Waals surface area contributed by atoms with E-state index in [0.29, 0.717) is 21.6 Å². The monoisotopic (exact) mass is 308 g/mol. The molecule has 0 aliphatic carbocycles. The van der Waals surface area contributed by atoms with Crippen molar-refractivity contribution in [2.24, 2.45) is 5.34 Å². The Bertz CT molecular complexity index is 429. The first-order valence-corrected chi connectivity index (χ1v) is 6.71. The molecule has 0 saturated carbocycles. The Labute approximate surface area is 121 Å². The van der Waals surface area contributed by atoms with Gasteiger partial charge in [-0.1, -0.05) is 22.9 Å².